The standard InChI is InChI=1S/C18H18F5NO2/c1-16(2)10-13(24-8-4-3-5-15(24)25)12-9-11(6-7-14(12)26-16)17(19,20)18(21,22)23/h6-7,9-10H,3-5,8H2,1-2H3. The molecule has 3 rings (SSSR count). The number of piperidine rings is 1. The van der Waals surface area contributed by atoms with Crippen molar-refractivity contribution in [3.63, 3.8) is 0 Å². The van der Waals surface area contributed by atoms with Crippen LogP contribution < -0.4 is 4.74 Å². The maximum Gasteiger partial charge on any atom is 0.458 e. The number of hydrogen-bond acceptors (Lipinski definition) is 2. The molecule has 2 aliphatic heterocycles. The van der Waals surface area contributed by atoms with Crippen LogP contribution in [0.5, 0.6) is 5.75 Å². The summed E-state index contributed by atoms with van der Waals surface area (Å²) in [4.78, 5) is 13.7. The third kappa shape index (κ3) is 3.17. The normalized spacial score (nSPS) is 20.3. The molecule has 0 atom stereocenters. The van der Waals surface area contributed by atoms with E-state index in [-0.39, 0.29) is 17.2 Å². The summed E-state index contributed by atoms with van der Waals surface area (Å²) >= 11 is 0. The van der Waals surface area contributed by atoms with Crippen LogP contribution >= 0.6 is 0 Å². The van der Waals surface area contributed by atoms with E-state index in [1.165, 1.54) is 4.90 Å². The van der Waals surface area contributed by atoms with Crippen molar-refractivity contribution >= 4 is 11.6 Å². The van der Waals surface area contributed by atoms with Crippen molar-refractivity contribution in [2.24, 2.45) is 0 Å². The molecule has 1 amide bonds. The number of carbonyl (C=O) groups is 1. The van der Waals surface area contributed by atoms with Crippen molar-refractivity contribution in [1.29, 1.82) is 0 Å². The average Bonchev–Trinajstić information content (AvgIpc) is 2.52. The topological polar surface area (TPSA) is 29.5 Å². The number of carbonyl (C=O) groups excluding carboxylic acids is 1. The van der Waals surface area contributed by atoms with E-state index in [0.717, 1.165) is 25.0 Å². The lowest BCUT2D eigenvalue weighted by Crippen LogP contribution is -2.39. The highest BCUT2D eigenvalue weighted by Gasteiger charge is 2.59. The first kappa shape index (κ1) is 18.7. The van der Waals surface area contributed by atoms with Gasteiger partial charge in [-0.1, -0.05) is 0 Å². The molecule has 1 fully saturated rings. The summed E-state index contributed by atoms with van der Waals surface area (Å²) in [5.41, 5.74) is -1.61. The Labute approximate surface area is 147 Å². The Morgan fingerprint density at radius 3 is 2.42 bits per heavy atom. The Kier molecular flexibility index (Phi) is 4.28. The largest absolute Gasteiger partial charge is 0.483 e. The molecular formula is C18H18F5NO2. The molecule has 1 aromatic rings. The Bertz CT molecular complexity index is 767. The number of nitrogens with zero attached hydrogens (tertiary/aromatic N) is 1. The Hall–Kier alpha value is -2.12. The Morgan fingerprint density at radius 1 is 1.12 bits per heavy atom. The number of benzene rings is 1. The first-order valence-electron chi connectivity index (χ1n) is 8.24. The fraction of sp³-hybridized carbons (Fsp3) is 0.500. The van der Waals surface area contributed by atoms with Crippen molar-refractivity contribution in [1.82, 2.24) is 4.90 Å². The van der Waals surface area contributed by atoms with Crippen LogP contribution in [0.2, 0.25) is 0 Å². The van der Waals surface area contributed by atoms with Gasteiger partial charge in [0.1, 0.15) is 11.4 Å². The Morgan fingerprint density at radius 2 is 1.81 bits per heavy atom. The zero-order chi connectivity index (χ0) is 19.3. The number of fused-ring (bicyclic) bond motifs is 1. The number of likely N-dealkylation sites (tertiary alicyclic amines) is 1. The van der Waals surface area contributed by atoms with Crippen LogP contribution in [-0.2, 0) is 10.7 Å². The molecule has 0 N–H and O–H groups in total. The van der Waals surface area contributed by atoms with Gasteiger partial charge in [-0.25, -0.2) is 0 Å². The molecule has 0 unspecified atom stereocenters. The number of halogens is 5. The summed E-state index contributed by atoms with van der Waals surface area (Å²) < 4.78 is 71.4. The number of hydrogen-bond donors (Lipinski definition) is 0. The summed E-state index contributed by atoms with van der Waals surface area (Å²) in [6.45, 7) is 3.84. The lowest BCUT2D eigenvalue weighted by atomic mass is 9.94. The van der Waals surface area contributed by atoms with Crippen molar-refractivity contribution < 1.29 is 31.5 Å². The van der Waals surface area contributed by atoms with E-state index in [2.05, 4.69) is 0 Å². The second-order valence-electron chi connectivity index (χ2n) is 7.02. The molecule has 8 heteroatoms. The molecule has 1 aromatic carbocycles. The van der Waals surface area contributed by atoms with Gasteiger partial charge in [0.15, 0.2) is 0 Å². The molecular weight excluding hydrogens is 357 g/mol. The maximum absolute atomic E-state index is 13.8. The lowest BCUT2D eigenvalue weighted by Gasteiger charge is -2.37. The molecule has 26 heavy (non-hydrogen) atoms. The van der Waals surface area contributed by atoms with E-state index in [1.807, 2.05) is 0 Å². The third-order valence-corrected chi connectivity index (χ3v) is 4.45. The van der Waals surface area contributed by atoms with Crippen molar-refractivity contribution in [3.05, 3.63) is 35.4 Å². The second kappa shape index (κ2) is 5.96. The van der Waals surface area contributed by atoms with Gasteiger partial charge in [0.2, 0.25) is 5.91 Å². The SMILES string of the molecule is CC1(C)C=C(N2CCCCC2=O)c2cc(C(F)(F)C(F)(F)F)ccc2O1. The van der Waals surface area contributed by atoms with Gasteiger partial charge in [-0.05, 0) is 51.0 Å². The third-order valence-electron chi connectivity index (χ3n) is 4.45. The van der Waals surface area contributed by atoms with E-state index in [9.17, 15) is 26.7 Å². The molecule has 2 heterocycles. The van der Waals surface area contributed by atoms with E-state index in [1.54, 1.807) is 19.9 Å². The minimum atomic E-state index is -5.71. The van der Waals surface area contributed by atoms with Gasteiger partial charge in [0.25, 0.3) is 0 Å². The van der Waals surface area contributed by atoms with Gasteiger partial charge in [-0.15, -0.1) is 0 Å². The van der Waals surface area contributed by atoms with E-state index < -0.39 is 23.3 Å². The lowest BCUT2D eigenvalue weighted by molar-refractivity contribution is -0.289. The molecule has 0 bridgehead atoms. The van der Waals surface area contributed by atoms with Gasteiger partial charge in [-0.2, -0.15) is 22.0 Å². The fourth-order valence-electron chi connectivity index (χ4n) is 3.18. The minimum Gasteiger partial charge on any atom is -0.483 e. The minimum absolute atomic E-state index is 0.0704. The van der Waals surface area contributed by atoms with Crippen LogP contribution in [0, 0.1) is 0 Å². The predicted molar refractivity (Wildman–Crippen MR) is 84.6 cm³/mol. The highest BCUT2D eigenvalue weighted by Crippen LogP contribution is 2.47. The molecule has 142 valence electrons. The number of ether oxygens (including phenoxy) is 1. The van der Waals surface area contributed by atoms with Gasteiger partial charge in [-0.3, -0.25) is 4.79 Å². The summed E-state index contributed by atoms with van der Waals surface area (Å²) in [6, 6.07) is 2.59. The van der Waals surface area contributed by atoms with E-state index in [4.69, 9.17) is 4.74 Å². The fourth-order valence-corrected chi connectivity index (χ4v) is 3.18. The van der Waals surface area contributed by atoms with Crippen molar-refractivity contribution in [3.8, 4) is 5.75 Å². The zero-order valence-electron chi connectivity index (χ0n) is 14.3. The van der Waals surface area contributed by atoms with Crippen LogP contribution in [0.25, 0.3) is 5.70 Å². The van der Waals surface area contributed by atoms with Gasteiger partial charge in [0.05, 0.1) is 5.70 Å². The molecule has 0 spiro atoms. The summed E-state index contributed by atoms with van der Waals surface area (Å²) in [6.07, 6.45) is -2.35. The first-order chi connectivity index (χ1) is 11.9. The number of rotatable bonds is 2. The number of amides is 1. The highest BCUT2D eigenvalue weighted by atomic mass is 19.4. The molecule has 0 aliphatic carbocycles. The summed E-state index contributed by atoms with van der Waals surface area (Å²) in [7, 11) is 0. The Balaban J connectivity index is 2.12. The van der Waals surface area contributed by atoms with E-state index in [0.29, 0.717) is 24.7 Å². The quantitative estimate of drug-likeness (QED) is 0.691. The highest BCUT2D eigenvalue weighted by molar-refractivity contribution is 5.89. The molecule has 0 radical (unpaired) electrons. The zero-order valence-corrected chi connectivity index (χ0v) is 14.3. The molecule has 3 nitrogen and oxygen atoms in total. The molecule has 1 saturated heterocycles. The van der Waals surface area contributed by atoms with Crippen LogP contribution in [-0.4, -0.2) is 29.1 Å². The van der Waals surface area contributed by atoms with E-state index >= 15 is 0 Å². The summed E-state index contributed by atoms with van der Waals surface area (Å²) in [5.74, 6) is -5.00. The second-order valence-corrected chi connectivity index (χ2v) is 7.02. The van der Waals surface area contributed by atoms with Crippen LogP contribution in [0.4, 0.5) is 22.0 Å². The van der Waals surface area contributed by atoms with Gasteiger partial charge < -0.3 is 9.64 Å². The van der Waals surface area contributed by atoms with Gasteiger partial charge in [0, 0.05) is 24.1 Å². The average molecular weight is 375 g/mol. The van der Waals surface area contributed by atoms with Gasteiger partial charge >= 0.3 is 12.1 Å². The molecule has 0 saturated carbocycles. The molecule has 0 aromatic heterocycles. The van der Waals surface area contributed by atoms with Crippen molar-refractivity contribution in [2.45, 2.75) is 50.8 Å². The smallest absolute Gasteiger partial charge is 0.458 e. The monoisotopic (exact) mass is 375 g/mol. The van der Waals surface area contributed by atoms with Crippen molar-refractivity contribution in [2.75, 3.05) is 6.54 Å². The molecule has 2 aliphatic rings. The number of alkyl halides is 5. The van der Waals surface area contributed by atoms with Crippen LogP contribution in [0.3, 0.4) is 0 Å². The van der Waals surface area contributed by atoms with Crippen LogP contribution in [0.15, 0.2) is 24.3 Å². The summed E-state index contributed by atoms with van der Waals surface area (Å²) in [5, 5.41) is 0. The predicted octanol–water partition coefficient (Wildman–Crippen LogP) is 4.87. The van der Waals surface area contributed by atoms with Crippen LogP contribution in [0.1, 0.15) is 44.2 Å². The first-order valence-corrected chi connectivity index (χ1v) is 8.24. The maximum atomic E-state index is 13.8.